The normalized spacial score (nSPS) is 24.3. The number of nitrogens with zero attached hydrogens (tertiary/aromatic N) is 1. The molecule has 1 aromatic carbocycles. The van der Waals surface area contributed by atoms with Crippen LogP contribution >= 0.6 is 0 Å². The first-order valence-corrected chi connectivity index (χ1v) is 6.93. The van der Waals surface area contributed by atoms with Crippen LogP contribution in [0.2, 0.25) is 0 Å². The van der Waals surface area contributed by atoms with Crippen LogP contribution in [0.4, 0.5) is 0 Å². The van der Waals surface area contributed by atoms with Crippen LogP contribution in [-0.2, 0) is 0 Å². The number of benzene rings is 1. The van der Waals surface area contributed by atoms with E-state index in [-0.39, 0.29) is 0 Å². The third-order valence-electron chi connectivity index (χ3n) is 4.25. The second kappa shape index (κ2) is 5.07. The van der Waals surface area contributed by atoms with Crippen LogP contribution in [0.3, 0.4) is 0 Å². The standard InChI is InChI=1S/C16H20N2/c1-2-12-10-17-9-7-14(12)15-5-3-4-13-6-8-18-11-16(13)15/h3-6,8,11-12,14,17H,2,7,9-10H2,1H3. The summed E-state index contributed by atoms with van der Waals surface area (Å²) in [6.45, 7) is 4.59. The van der Waals surface area contributed by atoms with Gasteiger partial charge in [-0.25, -0.2) is 0 Å². The molecular formula is C16H20N2. The molecule has 1 fully saturated rings. The third-order valence-corrected chi connectivity index (χ3v) is 4.25. The number of rotatable bonds is 2. The fraction of sp³-hybridized carbons (Fsp3) is 0.438. The van der Waals surface area contributed by atoms with Gasteiger partial charge in [0.15, 0.2) is 0 Å². The predicted octanol–water partition coefficient (Wildman–Crippen LogP) is 3.34. The van der Waals surface area contributed by atoms with E-state index in [0.29, 0.717) is 5.92 Å². The lowest BCUT2D eigenvalue weighted by molar-refractivity contribution is 0.319. The molecule has 0 bridgehead atoms. The molecule has 18 heavy (non-hydrogen) atoms. The van der Waals surface area contributed by atoms with Gasteiger partial charge in [0.25, 0.3) is 0 Å². The van der Waals surface area contributed by atoms with Crippen LogP contribution < -0.4 is 5.32 Å². The van der Waals surface area contributed by atoms with Gasteiger partial charge in [-0.15, -0.1) is 0 Å². The lowest BCUT2D eigenvalue weighted by atomic mass is 9.78. The molecule has 2 nitrogen and oxygen atoms in total. The lowest BCUT2D eigenvalue weighted by Gasteiger charge is -2.32. The lowest BCUT2D eigenvalue weighted by Crippen LogP contribution is -2.35. The summed E-state index contributed by atoms with van der Waals surface area (Å²) in [5, 5.41) is 6.17. The summed E-state index contributed by atoms with van der Waals surface area (Å²) in [7, 11) is 0. The SMILES string of the molecule is CCC1CNCCC1c1cccc2ccncc12. The molecule has 0 aliphatic carbocycles. The fourth-order valence-corrected chi connectivity index (χ4v) is 3.22. The Hall–Kier alpha value is -1.41. The molecule has 0 amide bonds. The quantitative estimate of drug-likeness (QED) is 0.871. The molecule has 1 saturated heterocycles. The van der Waals surface area contributed by atoms with Gasteiger partial charge < -0.3 is 5.32 Å². The molecule has 3 rings (SSSR count). The number of piperidine rings is 1. The van der Waals surface area contributed by atoms with Gasteiger partial charge in [0.1, 0.15) is 0 Å². The van der Waals surface area contributed by atoms with E-state index in [0.717, 1.165) is 19.0 Å². The summed E-state index contributed by atoms with van der Waals surface area (Å²) in [5.41, 5.74) is 1.49. The van der Waals surface area contributed by atoms with E-state index in [1.54, 1.807) is 0 Å². The summed E-state index contributed by atoms with van der Waals surface area (Å²) in [6, 6.07) is 8.78. The number of aromatic nitrogens is 1. The zero-order valence-corrected chi connectivity index (χ0v) is 10.9. The maximum atomic E-state index is 4.30. The zero-order valence-electron chi connectivity index (χ0n) is 10.9. The minimum absolute atomic E-state index is 0.684. The molecule has 2 aromatic rings. The smallest absolute Gasteiger partial charge is 0.0349 e. The van der Waals surface area contributed by atoms with Gasteiger partial charge in [0.2, 0.25) is 0 Å². The van der Waals surface area contributed by atoms with Crippen molar-refractivity contribution in [3.8, 4) is 0 Å². The van der Waals surface area contributed by atoms with Gasteiger partial charge in [-0.3, -0.25) is 4.98 Å². The molecule has 1 aromatic heterocycles. The fourth-order valence-electron chi connectivity index (χ4n) is 3.22. The second-order valence-corrected chi connectivity index (χ2v) is 5.21. The summed E-state index contributed by atoms with van der Waals surface area (Å²) < 4.78 is 0. The van der Waals surface area contributed by atoms with Crippen molar-refractivity contribution in [3.05, 3.63) is 42.2 Å². The van der Waals surface area contributed by atoms with Crippen LogP contribution in [0, 0.1) is 5.92 Å². The molecule has 2 heteroatoms. The Labute approximate surface area is 108 Å². The van der Waals surface area contributed by atoms with E-state index in [1.807, 2.05) is 12.4 Å². The van der Waals surface area contributed by atoms with Crippen molar-refractivity contribution >= 4 is 10.8 Å². The minimum atomic E-state index is 0.684. The Morgan fingerprint density at radius 1 is 1.33 bits per heavy atom. The maximum absolute atomic E-state index is 4.30. The van der Waals surface area contributed by atoms with Crippen molar-refractivity contribution in [2.45, 2.75) is 25.7 Å². The average molecular weight is 240 g/mol. The Morgan fingerprint density at radius 3 is 3.17 bits per heavy atom. The van der Waals surface area contributed by atoms with Crippen molar-refractivity contribution in [2.75, 3.05) is 13.1 Å². The highest BCUT2D eigenvalue weighted by Gasteiger charge is 2.25. The van der Waals surface area contributed by atoms with E-state index >= 15 is 0 Å². The highest BCUT2D eigenvalue weighted by Crippen LogP contribution is 2.35. The van der Waals surface area contributed by atoms with Gasteiger partial charge in [-0.2, -0.15) is 0 Å². The van der Waals surface area contributed by atoms with E-state index < -0.39 is 0 Å². The molecule has 0 spiro atoms. The molecule has 2 atom stereocenters. The molecule has 0 radical (unpaired) electrons. The van der Waals surface area contributed by atoms with Crippen molar-refractivity contribution in [1.82, 2.24) is 10.3 Å². The van der Waals surface area contributed by atoms with Crippen LogP contribution in [0.25, 0.3) is 10.8 Å². The van der Waals surface area contributed by atoms with Crippen LogP contribution in [0.5, 0.6) is 0 Å². The van der Waals surface area contributed by atoms with Gasteiger partial charge in [-0.1, -0.05) is 31.5 Å². The van der Waals surface area contributed by atoms with Crippen molar-refractivity contribution in [3.63, 3.8) is 0 Å². The molecule has 2 unspecified atom stereocenters. The number of nitrogens with one attached hydrogen (secondary N) is 1. The average Bonchev–Trinajstić information content (AvgIpc) is 2.46. The van der Waals surface area contributed by atoms with E-state index in [1.165, 1.54) is 29.2 Å². The largest absolute Gasteiger partial charge is 0.316 e. The number of pyridine rings is 1. The summed E-state index contributed by atoms with van der Waals surface area (Å²) >= 11 is 0. The molecule has 1 aliphatic rings. The summed E-state index contributed by atoms with van der Waals surface area (Å²) in [5.74, 6) is 1.44. The van der Waals surface area contributed by atoms with Gasteiger partial charge in [0.05, 0.1) is 0 Å². The zero-order chi connectivity index (χ0) is 12.4. The van der Waals surface area contributed by atoms with Crippen LogP contribution in [-0.4, -0.2) is 18.1 Å². The first kappa shape index (κ1) is 11.7. The van der Waals surface area contributed by atoms with Crippen molar-refractivity contribution in [2.24, 2.45) is 5.92 Å². The van der Waals surface area contributed by atoms with E-state index in [4.69, 9.17) is 0 Å². The number of hydrogen-bond donors (Lipinski definition) is 1. The molecule has 0 saturated carbocycles. The Morgan fingerprint density at radius 2 is 2.28 bits per heavy atom. The second-order valence-electron chi connectivity index (χ2n) is 5.21. The summed E-state index contributed by atoms with van der Waals surface area (Å²) in [4.78, 5) is 4.30. The van der Waals surface area contributed by atoms with Crippen LogP contribution in [0.15, 0.2) is 36.7 Å². The molecule has 1 N–H and O–H groups in total. The van der Waals surface area contributed by atoms with Crippen molar-refractivity contribution < 1.29 is 0 Å². The number of fused-ring (bicyclic) bond motifs is 1. The van der Waals surface area contributed by atoms with Crippen LogP contribution in [0.1, 0.15) is 31.2 Å². The topological polar surface area (TPSA) is 24.9 Å². The third kappa shape index (κ3) is 2.01. The molecule has 94 valence electrons. The van der Waals surface area contributed by atoms with E-state index in [2.05, 4.69) is 41.5 Å². The first-order valence-electron chi connectivity index (χ1n) is 6.93. The molecule has 1 aliphatic heterocycles. The Balaban J connectivity index is 2.07. The minimum Gasteiger partial charge on any atom is -0.316 e. The highest BCUT2D eigenvalue weighted by atomic mass is 14.9. The molecular weight excluding hydrogens is 220 g/mol. The maximum Gasteiger partial charge on any atom is 0.0349 e. The van der Waals surface area contributed by atoms with E-state index in [9.17, 15) is 0 Å². The van der Waals surface area contributed by atoms with Crippen molar-refractivity contribution in [1.29, 1.82) is 0 Å². The summed E-state index contributed by atoms with van der Waals surface area (Å²) in [6.07, 6.45) is 6.39. The molecule has 2 heterocycles. The highest BCUT2D eigenvalue weighted by molar-refractivity contribution is 5.85. The number of hydrogen-bond acceptors (Lipinski definition) is 2. The van der Waals surface area contributed by atoms with Gasteiger partial charge >= 0.3 is 0 Å². The monoisotopic (exact) mass is 240 g/mol. The Bertz CT molecular complexity index is 530. The Kier molecular flexibility index (Phi) is 3.28. The first-order chi connectivity index (χ1) is 8.90. The predicted molar refractivity (Wildman–Crippen MR) is 75.8 cm³/mol. The van der Waals surface area contributed by atoms with Gasteiger partial charge in [-0.05, 0) is 48.4 Å². The van der Waals surface area contributed by atoms with Gasteiger partial charge in [0, 0.05) is 17.8 Å².